The normalized spacial score (nSPS) is 12.9. The molecule has 23 heavy (non-hydrogen) atoms. The van der Waals surface area contributed by atoms with E-state index in [1.165, 1.54) is 6.21 Å². The smallest absolute Gasteiger partial charge is 0.307 e. The van der Waals surface area contributed by atoms with Crippen molar-refractivity contribution in [3.05, 3.63) is 59.9 Å². The standard InChI is InChI=1S/C17H12N2O4/c20-17(16-8-12-3-1-2-4-13(12)23-16)19-18-9-11-5-6-14-15(7-11)22-10-21-14/h1-9H,10H2,(H,19,20)/b18-9-. The van der Waals surface area contributed by atoms with Crippen LogP contribution in [0, 0.1) is 0 Å². The molecule has 0 atom stereocenters. The zero-order valence-electron chi connectivity index (χ0n) is 12.0. The van der Waals surface area contributed by atoms with Crippen molar-refractivity contribution in [2.24, 2.45) is 5.10 Å². The van der Waals surface area contributed by atoms with E-state index in [4.69, 9.17) is 13.9 Å². The maximum Gasteiger partial charge on any atom is 0.307 e. The molecule has 6 nitrogen and oxygen atoms in total. The molecule has 1 N–H and O–H groups in total. The summed E-state index contributed by atoms with van der Waals surface area (Å²) in [4.78, 5) is 12.0. The number of nitrogens with zero attached hydrogens (tertiary/aromatic N) is 1. The first kappa shape index (κ1) is 13.4. The van der Waals surface area contributed by atoms with Crippen LogP contribution in [0.5, 0.6) is 11.5 Å². The number of hydrazone groups is 1. The van der Waals surface area contributed by atoms with Crippen molar-refractivity contribution in [1.29, 1.82) is 0 Å². The van der Waals surface area contributed by atoms with Crippen LogP contribution in [0.15, 0.2) is 58.0 Å². The Kier molecular flexibility index (Phi) is 3.20. The second kappa shape index (κ2) is 5.49. The molecule has 114 valence electrons. The predicted octanol–water partition coefficient (Wildman–Crippen LogP) is 2.93. The average molecular weight is 308 g/mol. The van der Waals surface area contributed by atoms with E-state index in [9.17, 15) is 4.79 Å². The molecule has 1 aromatic heterocycles. The lowest BCUT2D eigenvalue weighted by atomic mass is 10.2. The maximum absolute atomic E-state index is 12.0. The summed E-state index contributed by atoms with van der Waals surface area (Å²) in [5, 5.41) is 4.81. The van der Waals surface area contributed by atoms with Gasteiger partial charge in [0.25, 0.3) is 0 Å². The largest absolute Gasteiger partial charge is 0.454 e. The van der Waals surface area contributed by atoms with Gasteiger partial charge in [-0.25, -0.2) is 5.43 Å². The van der Waals surface area contributed by atoms with Crippen LogP contribution in [-0.4, -0.2) is 18.9 Å². The van der Waals surface area contributed by atoms with E-state index in [1.54, 1.807) is 18.2 Å². The van der Waals surface area contributed by atoms with Crippen molar-refractivity contribution < 1.29 is 18.7 Å². The second-order valence-corrected chi connectivity index (χ2v) is 4.96. The molecular formula is C17H12N2O4. The van der Waals surface area contributed by atoms with Crippen LogP contribution in [0.2, 0.25) is 0 Å². The Hall–Kier alpha value is -3.28. The highest BCUT2D eigenvalue weighted by Gasteiger charge is 2.13. The lowest BCUT2D eigenvalue weighted by molar-refractivity contribution is 0.0929. The topological polar surface area (TPSA) is 73.1 Å². The van der Waals surface area contributed by atoms with E-state index in [0.29, 0.717) is 17.1 Å². The number of carbonyl (C=O) groups is 1. The zero-order valence-corrected chi connectivity index (χ0v) is 12.0. The van der Waals surface area contributed by atoms with Gasteiger partial charge in [-0.3, -0.25) is 4.79 Å². The number of nitrogens with one attached hydrogen (secondary N) is 1. The maximum atomic E-state index is 12.0. The van der Waals surface area contributed by atoms with E-state index in [1.807, 2.05) is 30.3 Å². The van der Waals surface area contributed by atoms with Crippen LogP contribution in [0.25, 0.3) is 11.0 Å². The molecule has 0 spiro atoms. The summed E-state index contributed by atoms with van der Waals surface area (Å²) in [6, 6.07) is 14.5. The minimum absolute atomic E-state index is 0.217. The zero-order chi connectivity index (χ0) is 15.6. The van der Waals surface area contributed by atoms with E-state index in [2.05, 4.69) is 10.5 Å². The summed E-state index contributed by atoms with van der Waals surface area (Å²) < 4.78 is 16.0. The van der Waals surface area contributed by atoms with Crippen molar-refractivity contribution in [3.63, 3.8) is 0 Å². The number of rotatable bonds is 3. The van der Waals surface area contributed by atoms with E-state index < -0.39 is 5.91 Å². The van der Waals surface area contributed by atoms with Gasteiger partial charge in [-0.15, -0.1) is 0 Å². The van der Waals surface area contributed by atoms with Crippen molar-refractivity contribution in [1.82, 2.24) is 5.43 Å². The summed E-state index contributed by atoms with van der Waals surface area (Å²) in [5.41, 5.74) is 3.90. The molecule has 2 heterocycles. The van der Waals surface area contributed by atoms with E-state index in [0.717, 1.165) is 10.9 Å². The Bertz CT molecular complexity index is 881. The van der Waals surface area contributed by atoms with Gasteiger partial charge in [-0.05, 0) is 35.9 Å². The van der Waals surface area contributed by atoms with Gasteiger partial charge in [-0.1, -0.05) is 18.2 Å². The van der Waals surface area contributed by atoms with Crippen molar-refractivity contribution >= 4 is 23.1 Å². The number of para-hydroxylation sites is 1. The molecule has 0 saturated carbocycles. The highest BCUT2D eigenvalue weighted by atomic mass is 16.7. The summed E-state index contributed by atoms with van der Waals surface area (Å²) in [6.45, 7) is 0.221. The molecule has 0 unspecified atom stereocenters. The monoisotopic (exact) mass is 308 g/mol. The number of hydrogen-bond donors (Lipinski definition) is 1. The van der Waals surface area contributed by atoms with Crippen molar-refractivity contribution in [2.75, 3.05) is 6.79 Å². The molecule has 0 aliphatic carbocycles. The molecule has 4 rings (SSSR count). The molecule has 3 aromatic rings. The van der Waals surface area contributed by atoms with Crippen LogP contribution >= 0.6 is 0 Å². The third-order valence-corrected chi connectivity index (χ3v) is 3.43. The van der Waals surface area contributed by atoms with Crippen molar-refractivity contribution in [3.8, 4) is 11.5 Å². The van der Waals surface area contributed by atoms with Gasteiger partial charge in [0.15, 0.2) is 17.3 Å². The van der Waals surface area contributed by atoms with Gasteiger partial charge in [-0.2, -0.15) is 5.10 Å². The number of fused-ring (bicyclic) bond motifs is 2. The average Bonchev–Trinajstić information content (AvgIpc) is 3.20. The SMILES string of the molecule is O=C(N/N=C\c1ccc2c(c1)OCO2)c1cc2ccccc2o1. The Morgan fingerprint density at radius 1 is 1.09 bits per heavy atom. The number of hydrogen-bond acceptors (Lipinski definition) is 5. The first-order chi connectivity index (χ1) is 11.3. The molecule has 2 aromatic carbocycles. The fraction of sp³-hybridized carbons (Fsp3) is 0.0588. The van der Waals surface area contributed by atoms with Gasteiger partial charge in [0, 0.05) is 5.39 Å². The summed E-state index contributed by atoms with van der Waals surface area (Å²) in [6.07, 6.45) is 1.53. The minimum Gasteiger partial charge on any atom is -0.454 e. The third-order valence-electron chi connectivity index (χ3n) is 3.43. The first-order valence-electron chi connectivity index (χ1n) is 7.01. The Morgan fingerprint density at radius 3 is 2.87 bits per heavy atom. The molecule has 0 saturated heterocycles. The first-order valence-corrected chi connectivity index (χ1v) is 7.01. The van der Waals surface area contributed by atoms with Crippen LogP contribution in [-0.2, 0) is 0 Å². The van der Waals surface area contributed by atoms with Gasteiger partial charge in [0.05, 0.1) is 6.21 Å². The van der Waals surface area contributed by atoms with Gasteiger partial charge in [0.1, 0.15) is 5.58 Å². The predicted molar refractivity (Wildman–Crippen MR) is 83.8 cm³/mol. The van der Waals surface area contributed by atoms with E-state index in [-0.39, 0.29) is 12.6 Å². The number of carbonyl (C=O) groups excluding carboxylic acids is 1. The van der Waals surface area contributed by atoms with Gasteiger partial charge < -0.3 is 13.9 Å². The highest BCUT2D eigenvalue weighted by Crippen LogP contribution is 2.31. The second-order valence-electron chi connectivity index (χ2n) is 4.96. The molecular weight excluding hydrogens is 296 g/mol. The molecule has 1 amide bonds. The molecule has 1 aliphatic heterocycles. The van der Waals surface area contributed by atoms with Gasteiger partial charge in [0.2, 0.25) is 6.79 Å². The number of amides is 1. The molecule has 6 heteroatoms. The number of ether oxygens (including phenoxy) is 2. The number of furan rings is 1. The summed E-state index contributed by atoms with van der Waals surface area (Å²) in [5.74, 6) is 1.18. The summed E-state index contributed by atoms with van der Waals surface area (Å²) >= 11 is 0. The fourth-order valence-electron chi connectivity index (χ4n) is 2.31. The van der Waals surface area contributed by atoms with E-state index >= 15 is 0 Å². The Labute approximate surface area is 131 Å². The Balaban J connectivity index is 1.46. The highest BCUT2D eigenvalue weighted by molar-refractivity contribution is 5.96. The lowest BCUT2D eigenvalue weighted by Crippen LogP contribution is -2.16. The minimum atomic E-state index is -0.404. The molecule has 0 fully saturated rings. The van der Waals surface area contributed by atoms with Crippen LogP contribution in [0.1, 0.15) is 16.1 Å². The molecule has 1 aliphatic rings. The van der Waals surface area contributed by atoms with Crippen LogP contribution in [0.4, 0.5) is 0 Å². The quantitative estimate of drug-likeness (QED) is 0.596. The third kappa shape index (κ3) is 2.62. The lowest BCUT2D eigenvalue weighted by Gasteiger charge is -1.98. The fourth-order valence-corrected chi connectivity index (χ4v) is 2.31. The Morgan fingerprint density at radius 2 is 1.96 bits per heavy atom. The number of benzene rings is 2. The van der Waals surface area contributed by atoms with Crippen LogP contribution in [0.3, 0.4) is 0 Å². The van der Waals surface area contributed by atoms with Gasteiger partial charge >= 0.3 is 5.91 Å². The summed E-state index contributed by atoms with van der Waals surface area (Å²) in [7, 11) is 0. The molecule has 0 bridgehead atoms. The van der Waals surface area contributed by atoms with Crippen LogP contribution < -0.4 is 14.9 Å². The van der Waals surface area contributed by atoms with Crippen molar-refractivity contribution in [2.45, 2.75) is 0 Å². The molecule has 0 radical (unpaired) electrons.